The van der Waals surface area contributed by atoms with Crippen molar-refractivity contribution in [3.05, 3.63) is 59.7 Å². The molecule has 1 fully saturated rings. The van der Waals surface area contributed by atoms with Gasteiger partial charge in [0.05, 0.1) is 0 Å². The van der Waals surface area contributed by atoms with Crippen LogP contribution < -0.4 is 5.32 Å². The zero-order valence-electron chi connectivity index (χ0n) is 13.7. The van der Waals surface area contributed by atoms with Gasteiger partial charge in [0.25, 0.3) is 0 Å². The first-order valence-electron chi connectivity index (χ1n) is 8.68. The van der Waals surface area contributed by atoms with Crippen LogP contribution in [0, 0.1) is 0 Å². The van der Waals surface area contributed by atoms with Crippen LogP contribution in [0.3, 0.4) is 0 Å². The molecule has 2 heteroatoms. The van der Waals surface area contributed by atoms with Crippen molar-refractivity contribution in [2.45, 2.75) is 37.6 Å². The van der Waals surface area contributed by atoms with Gasteiger partial charge >= 0.3 is 0 Å². The molecule has 2 aliphatic rings. The highest BCUT2D eigenvalue weighted by Gasteiger charge is 2.23. The Bertz CT molecular complexity index is 510. The third kappa shape index (κ3) is 3.88. The van der Waals surface area contributed by atoms with Crippen LogP contribution in [-0.2, 0) is 0 Å². The zero-order valence-corrected chi connectivity index (χ0v) is 13.7. The molecule has 0 amide bonds. The minimum atomic E-state index is 0.517. The average molecular weight is 296 g/mol. The predicted octanol–water partition coefficient (Wildman–Crippen LogP) is 3.73. The van der Waals surface area contributed by atoms with E-state index >= 15 is 0 Å². The van der Waals surface area contributed by atoms with Gasteiger partial charge in [-0.1, -0.05) is 48.6 Å². The number of hydrogen-bond acceptors (Lipinski definition) is 2. The molecule has 1 aliphatic carbocycles. The molecule has 0 spiro atoms. The van der Waals surface area contributed by atoms with Crippen molar-refractivity contribution in [2.75, 3.05) is 26.7 Å². The number of benzene rings is 1. The third-order valence-electron chi connectivity index (χ3n) is 5.06. The zero-order chi connectivity index (χ0) is 15.2. The predicted molar refractivity (Wildman–Crippen MR) is 94.2 cm³/mol. The fourth-order valence-corrected chi connectivity index (χ4v) is 3.64. The number of nitrogens with one attached hydrogen (secondary N) is 1. The Labute approximate surface area is 134 Å². The summed E-state index contributed by atoms with van der Waals surface area (Å²) < 4.78 is 0. The minimum Gasteiger partial charge on any atom is -0.317 e. The molecule has 22 heavy (non-hydrogen) atoms. The van der Waals surface area contributed by atoms with Crippen LogP contribution in [-0.4, -0.2) is 37.6 Å². The summed E-state index contributed by atoms with van der Waals surface area (Å²) in [7, 11) is 2.09. The summed E-state index contributed by atoms with van der Waals surface area (Å²) in [5.74, 6) is 0.517. The first kappa shape index (κ1) is 15.5. The molecule has 0 aromatic heterocycles. The van der Waals surface area contributed by atoms with Crippen molar-refractivity contribution in [3.63, 3.8) is 0 Å². The lowest BCUT2D eigenvalue weighted by Crippen LogP contribution is -2.42. The highest BCUT2D eigenvalue weighted by Crippen LogP contribution is 2.30. The van der Waals surface area contributed by atoms with Crippen molar-refractivity contribution in [1.29, 1.82) is 0 Å². The molecule has 1 N–H and O–H groups in total. The molecule has 0 radical (unpaired) electrons. The van der Waals surface area contributed by atoms with E-state index < -0.39 is 0 Å². The van der Waals surface area contributed by atoms with Crippen LogP contribution in [0.4, 0.5) is 0 Å². The number of nitrogens with zero attached hydrogens (tertiary/aromatic N) is 1. The Balaban J connectivity index is 1.72. The van der Waals surface area contributed by atoms with Crippen molar-refractivity contribution in [3.8, 4) is 0 Å². The van der Waals surface area contributed by atoms with Gasteiger partial charge in [-0.05, 0) is 57.0 Å². The van der Waals surface area contributed by atoms with Crippen molar-refractivity contribution in [2.24, 2.45) is 0 Å². The second-order valence-electron chi connectivity index (χ2n) is 6.51. The number of likely N-dealkylation sites (tertiary alicyclic amines) is 1. The number of hydrogen-bond donors (Lipinski definition) is 1. The Hall–Kier alpha value is -1.38. The molecule has 1 aliphatic heterocycles. The number of rotatable bonds is 5. The molecule has 0 bridgehead atoms. The summed E-state index contributed by atoms with van der Waals surface area (Å²) in [6.45, 7) is 3.58. The summed E-state index contributed by atoms with van der Waals surface area (Å²) in [5.41, 5.74) is 2.96. The molecular formula is C20H28N2. The quantitative estimate of drug-likeness (QED) is 0.890. The lowest BCUT2D eigenvalue weighted by molar-refractivity contribution is 0.196. The Kier molecular flexibility index (Phi) is 5.47. The smallest absolute Gasteiger partial charge is 0.0214 e. The SMILES string of the molecule is CNC1CCN(CC(C2=CCCC=C2)c2ccccc2)CC1. The second-order valence-corrected chi connectivity index (χ2v) is 6.51. The Morgan fingerprint density at radius 1 is 1.14 bits per heavy atom. The van der Waals surface area contributed by atoms with E-state index in [9.17, 15) is 0 Å². The van der Waals surface area contributed by atoms with E-state index in [1.54, 1.807) is 0 Å². The van der Waals surface area contributed by atoms with Crippen LogP contribution in [0.15, 0.2) is 54.1 Å². The van der Waals surface area contributed by atoms with Gasteiger partial charge in [0, 0.05) is 18.5 Å². The standard InChI is InChI=1S/C20H28N2/c1-21-19-12-14-22(15-13-19)16-20(17-8-4-2-5-9-17)18-10-6-3-7-11-18/h2,4-6,8-11,19-21H,3,7,12-16H2,1H3. The lowest BCUT2D eigenvalue weighted by atomic mass is 9.87. The third-order valence-corrected chi connectivity index (χ3v) is 5.06. The maximum Gasteiger partial charge on any atom is 0.0214 e. The number of allylic oxidation sites excluding steroid dienone is 3. The topological polar surface area (TPSA) is 15.3 Å². The van der Waals surface area contributed by atoms with Gasteiger partial charge in [-0.2, -0.15) is 0 Å². The van der Waals surface area contributed by atoms with E-state index in [2.05, 4.69) is 65.8 Å². The molecule has 1 heterocycles. The molecule has 118 valence electrons. The first-order chi connectivity index (χ1) is 10.9. The molecule has 1 saturated heterocycles. The molecule has 1 aromatic rings. The van der Waals surface area contributed by atoms with Gasteiger partial charge in [-0.3, -0.25) is 0 Å². The molecule has 1 aromatic carbocycles. The van der Waals surface area contributed by atoms with Crippen LogP contribution >= 0.6 is 0 Å². The Morgan fingerprint density at radius 3 is 2.55 bits per heavy atom. The van der Waals surface area contributed by atoms with E-state index in [0.717, 1.165) is 6.54 Å². The maximum absolute atomic E-state index is 3.42. The lowest BCUT2D eigenvalue weighted by Gasteiger charge is -2.35. The van der Waals surface area contributed by atoms with Crippen LogP contribution in [0.2, 0.25) is 0 Å². The molecule has 1 atom stereocenters. The molecule has 0 saturated carbocycles. The van der Waals surface area contributed by atoms with E-state index in [1.807, 2.05) is 0 Å². The molecular weight excluding hydrogens is 268 g/mol. The summed E-state index contributed by atoms with van der Waals surface area (Å²) in [5, 5.41) is 3.42. The van der Waals surface area contributed by atoms with E-state index in [0.29, 0.717) is 12.0 Å². The minimum absolute atomic E-state index is 0.517. The Morgan fingerprint density at radius 2 is 1.91 bits per heavy atom. The maximum atomic E-state index is 3.42. The van der Waals surface area contributed by atoms with E-state index in [4.69, 9.17) is 0 Å². The summed E-state index contributed by atoms with van der Waals surface area (Å²) in [4.78, 5) is 2.65. The monoisotopic (exact) mass is 296 g/mol. The van der Waals surface area contributed by atoms with Crippen molar-refractivity contribution in [1.82, 2.24) is 10.2 Å². The van der Waals surface area contributed by atoms with Gasteiger partial charge < -0.3 is 10.2 Å². The molecule has 3 rings (SSSR count). The average Bonchev–Trinajstić information content (AvgIpc) is 2.62. The van der Waals surface area contributed by atoms with Crippen LogP contribution in [0.5, 0.6) is 0 Å². The summed E-state index contributed by atoms with van der Waals surface area (Å²) in [6.07, 6.45) is 12.0. The van der Waals surface area contributed by atoms with Crippen molar-refractivity contribution < 1.29 is 0 Å². The molecule has 1 unspecified atom stereocenters. The first-order valence-corrected chi connectivity index (χ1v) is 8.68. The van der Waals surface area contributed by atoms with Crippen LogP contribution in [0.1, 0.15) is 37.2 Å². The fraction of sp³-hybridized carbons (Fsp3) is 0.500. The summed E-state index contributed by atoms with van der Waals surface area (Å²) >= 11 is 0. The largest absolute Gasteiger partial charge is 0.317 e. The second kappa shape index (κ2) is 7.75. The fourth-order valence-electron chi connectivity index (χ4n) is 3.64. The van der Waals surface area contributed by atoms with Crippen molar-refractivity contribution >= 4 is 0 Å². The van der Waals surface area contributed by atoms with Crippen LogP contribution in [0.25, 0.3) is 0 Å². The van der Waals surface area contributed by atoms with Gasteiger partial charge in [-0.25, -0.2) is 0 Å². The highest BCUT2D eigenvalue weighted by atomic mass is 15.1. The summed E-state index contributed by atoms with van der Waals surface area (Å²) in [6, 6.07) is 11.7. The molecule has 2 nitrogen and oxygen atoms in total. The van der Waals surface area contributed by atoms with Gasteiger partial charge in [0.2, 0.25) is 0 Å². The number of piperidine rings is 1. The van der Waals surface area contributed by atoms with Gasteiger partial charge in [0.1, 0.15) is 0 Å². The van der Waals surface area contributed by atoms with E-state index in [1.165, 1.54) is 49.9 Å². The normalized spacial score (nSPS) is 21.6. The highest BCUT2D eigenvalue weighted by molar-refractivity contribution is 5.37. The van der Waals surface area contributed by atoms with Gasteiger partial charge in [-0.15, -0.1) is 0 Å². The van der Waals surface area contributed by atoms with E-state index in [-0.39, 0.29) is 0 Å². The van der Waals surface area contributed by atoms with Gasteiger partial charge in [0.15, 0.2) is 0 Å².